The highest BCUT2D eigenvalue weighted by atomic mass is 16.5. The first-order chi connectivity index (χ1) is 12.5. The third-order valence-electron chi connectivity index (χ3n) is 5.50. The molecule has 0 spiro atoms. The Morgan fingerprint density at radius 3 is 2.65 bits per heavy atom. The molecule has 2 heterocycles. The summed E-state index contributed by atoms with van der Waals surface area (Å²) in [6.07, 6.45) is 5.84. The molecule has 2 fully saturated rings. The van der Waals surface area contributed by atoms with Crippen LogP contribution < -0.4 is 15.1 Å². The van der Waals surface area contributed by atoms with Crippen molar-refractivity contribution in [3.8, 4) is 5.75 Å². The molecule has 2 aromatic rings. The number of pyridine rings is 1. The first kappa shape index (κ1) is 16.9. The third kappa shape index (κ3) is 2.73. The van der Waals surface area contributed by atoms with E-state index in [1.165, 1.54) is 12.6 Å². The van der Waals surface area contributed by atoms with Crippen molar-refractivity contribution in [2.45, 2.75) is 38.6 Å². The fraction of sp³-hybridized carbons (Fsp3) is 0.500. The van der Waals surface area contributed by atoms with Crippen LogP contribution in [0.1, 0.15) is 49.0 Å². The second-order valence-electron chi connectivity index (χ2n) is 7.52. The summed E-state index contributed by atoms with van der Waals surface area (Å²) in [5.74, 6) is 0.112. The van der Waals surface area contributed by atoms with Crippen LogP contribution in [-0.2, 0) is 0 Å². The normalized spacial score (nSPS) is 20.4. The SMILES string of the molecule is COc1c(N2CCCC(C)C2)ccc2c(=O)c(C(=O)O)cn(C3CC3)c12. The van der Waals surface area contributed by atoms with Gasteiger partial charge in [0, 0.05) is 25.3 Å². The van der Waals surface area contributed by atoms with Crippen LogP contribution in [0.3, 0.4) is 0 Å². The van der Waals surface area contributed by atoms with E-state index in [0.29, 0.717) is 17.1 Å². The molecule has 2 aliphatic rings. The largest absolute Gasteiger partial charge is 0.492 e. The van der Waals surface area contributed by atoms with E-state index in [1.807, 2.05) is 10.6 Å². The predicted octanol–water partition coefficient (Wildman–Crippen LogP) is 3.28. The fourth-order valence-electron chi connectivity index (χ4n) is 4.06. The minimum Gasteiger partial charge on any atom is -0.492 e. The minimum atomic E-state index is -1.18. The maximum Gasteiger partial charge on any atom is 0.341 e. The molecule has 0 bridgehead atoms. The van der Waals surface area contributed by atoms with Gasteiger partial charge in [-0.1, -0.05) is 6.92 Å². The van der Waals surface area contributed by atoms with Gasteiger partial charge in [0.1, 0.15) is 5.56 Å². The highest BCUT2D eigenvalue weighted by Gasteiger charge is 2.30. The van der Waals surface area contributed by atoms with E-state index in [2.05, 4.69) is 11.8 Å². The fourth-order valence-corrected chi connectivity index (χ4v) is 4.06. The van der Waals surface area contributed by atoms with Crippen LogP contribution >= 0.6 is 0 Å². The Morgan fingerprint density at radius 1 is 1.27 bits per heavy atom. The average molecular weight is 356 g/mol. The van der Waals surface area contributed by atoms with Crippen LogP contribution in [0.15, 0.2) is 23.1 Å². The van der Waals surface area contributed by atoms with Gasteiger partial charge in [-0.25, -0.2) is 4.79 Å². The molecule has 1 saturated carbocycles. The van der Waals surface area contributed by atoms with Gasteiger partial charge in [0.05, 0.1) is 23.7 Å². The zero-order chi connectivity index (χ0) is 18.4. The van der Waals surface area contributed by atoms with Gasteiger partial charge in [-0.3, -0.25) is 4.79 Å². The molecule has 1 atom stereocenters. The summed E-state index contributed by atoms with van der Waals surface area (Å²) in [4.78, 5) is 26.5. The average Bonchev–Trinajstić information content (AvgIpc) is 3.46. The lowest BCUT2D eigenvalue weighted by Crippen LogP contribution is -2.34. The second-order valence-corrected chi connectivity index (χ2v) is 7.52. The number of hydrogen-bond acceptors (Lipinski definition) is 4. The van der Waals surface area contributed by atoms with Crippen LogP contribution in [0, 0.1) is 5.92 Å². The lowest BCUT2D eigenvalue weighted by Gasteiger charge is -2.34. The van der Waals surface area contributed by atoms with E-state index in [0.717, 1.165) is 43.6 Å². The molecule has 138 valence electrons. The van der Waals surface area contributed by atoms with Crippen LogP contribution in [-0.4, -0.2) is 35.8 Å². The molecule has 0 radical (unpaired) electrons. The molecule has 4 rings (SSSR count). The van der Waals surface area contributed by atoms with E-state index >= 15 is 0 Å². The van der Waals surface area contributed by atoms with Gasteiger partial charge in [-0.2, -0.15) is 0 Å². The summed E-state index contributed by atoms with van der Waals surface area (Å²) < 4.78 is 7.71. The van der Waals surface area contributed by atoms with Crippen molar-refractivity contribution in [2.24, 2.45) is 5.92 Å². The minimum absolute atomic E-state index is 0.175. The Morgan fingerprint density at radius 2 is 2.04 bits per heavy atom. The highest BCUT2D eigenvalue weighted by Crippen LogP contribution is 2.43. The topological polar surface area (TPSA) is 71.8 Å². The van der Waals surface area contributed by atoms with Crippen molar-refractivity contribution in [2.75, 3.05) is 25.1 Å². The van der Waals surface area contributed by atoms with Gasteiger partial charge in [-0.15, -0.1) is 0 Å². The maximum atomic E-state index is 12.7. The van der Waals surface area contributed by atoms with Crippen molar-refractivity contribution >= 4 is 22.6 Å². The predicted molar refractivity (Wildman–Crippen MR) is 101 cm³/mol. The Hall–Kier alpha value is -2.50. The molecule has 26 heavy (non-hydrogen) atoms. The van der Waals surface area contributed by atoms with E-state index in [-0.39, 0.29) is 11.6 Å². The van der Waals surface area contributed by atoms with Crippen molar-refractivity contribution in [3.05, 3.63) is 34.1 Å². The summed E-state index contributed by atoms with van der Waals surface area (Å²) >= 11 is 0. The lowest BCUT2D eigenvalue weighted by atomic mass is 9.99. The molecule has 6 heteroatoms. The van der Waals surface area contributed by atoms with Gasteiger partial charge in [0.15, 0.2) is 5.75 Å². The number of aromatic nitrogens is 1. The number of carboxylic acids is 1. The van der Waals surface area contributed by atoms with E-state index in [4.69, 9.17) is 4.74 Å². The molecule has 1 aromatic heterocycles. The first-order valence-corrected chi connectivity index (χ1v) is 9.25. The van der Waals surface area contributed by atoms with Crippen molar-refractivity contribution < 1.29 is 14.6 Å². The molecular weight excluding hydrogens is 332 g/mol. The molecular formula is C20H24N2O4. The van der Waals surface area contributed by atoms with Gasteiger partial charge < -0.3 is 19.3 Å². The number of fused-ring (bicyclic) bond motifs is 1. The van der Waals surface area contributed by atoms with Crippen molar-refractivity contribution in [1.29, 1.82) is 0 Å². The molecule has 1 saturated heterocycles. The lowest BCUT2D eigenvalue weighted by molar-refractivity contribution is 0.0695. The number of carbonyl (C=O) groups is 1. The molecule has 1 aromatic carbocycles. The first-order valence-electron chi connectivity index (χ1n) is 9.25. The van der Waals surface area contributed by atoms with Gasteiger partial charge in [-0.05, 0) is 43.7 Å². The number of hydrogen-bond donors (Lipinski definition) is 1. The molecule has 6 nitrogen and oxygen atoms in total. The molecule has 1 N–H and O–H groups in total. The Bertz CT molecular complexity index is 930. The van der Waals surface area contributed by atoms with Gasteiger partial charge in [0.25, 0.3) is 0 Å². The standard InChI is InChI=1S/C20H24N2O4/c1-12-4-3-9-21(10-12)16-8-7-14-17(19(16)26-2)22(13-5-6-13)11-15(18(14)23)20(24)25/h7-8,11-13H,3-6,9-10H2,1-2H3,(H,24,25). The number of benzene rings is 1. The number of carboxylic acid groups (broad SMARTS) is 1. The summed E-state index contributed by atoms with van der Waals surface area (Å²) in [5.41, 5.74) is 1.09. The van der Waals surface area contributed by atoms with Crippen LogP contribution in [0.2, 0.25) is 0 Å². The van der Waals surface area contributed by atoms with E-state index in [9.17, 15) is 14.7 Å². The van der Waals surface area contributed by atoms with E-state index in [1.54, 1.807) is 13.2 Å². The number of aromatic carboxylic acids is 1. The molecule has 0 amide bonds. The number of rotatable bonds is 4. The Balaban J connectivity index is 1.97. The number of nitrogens with zero attached hydrogens (tertiary/aromatic N) is 2. The Labute approximate surface area is 152 Å². The summed E-state index contributed by atoms with van der Waals surface area (Å²) in [6, 6.07) is 3.91. The zero-order valence-electron chi connectivity index (χ0n) is 15.2. The van der Waals surface area contributed by atoms with Gasteiger partial charge in [0.2, 0.25) is 5.43 Å². The smallest absolute Gasteiger partial charge is 0.341 e. The molecule has 1 aliphatic carbocycles. The van der Waals surface area contributed by atoms with Crippen LogP contribution in [0.5, 0.6) is 5.75 Å². The van der Waals surface area contributed by atoms with Crippen molar-refractivity contribution in [3.63, 3.8) is 0 Å². The second kappa shape index (κ2) is 6.34. The maximum absolute atomic E-state index is 12.7. The van der Waals surface area contributed by atoms with Crippen LogP contribution in [0.4, 0.5) is 5.69 Å². The van der Waals surface area contributed by atoms with Gasteiger partial charge >= 0.3 is 5.97 Å². The molecule has 1 aliphatic heterocycles. The number of anilines is 1. The monoisotopic (exact) mass is 356 g/mol. The quantitative estimate of drug-likeness (QED) is 0.910. The Kier molecular flexibility index (Phi) is 4.13. The summed E-state index contributed by atoms with van der Waals surface area (Å²) in [5, 5.41) is 9.83. The number of ether oxygens (including phenoxy) is 1. The third-order valence-corrected chi connectivity index (χ3v) is 5.50. The molecule has 1 unspecified atom stereocenters. The van der Waals surface area contributed by atoms with E-state index < -0.39 is 11.4 Å². The summed E-state index contributed by atoms with van der Waals surface area (Å²) in [7, 11) is 1.62. The number of piperidine rings is 1. The summed E-state index contributed by atoms with van der Waals surface area (Å²) in [6.45, 7) is 4.18. The van der Waals surface area contributed by atoms with Crippen molar-refractivity contribution in [1.82, 2.24) is 4.57 Å². The zero-order valence-corrected chi connectivity index (χ0v) is 15.2. The van der Waals surface area contributed by atoms with Crippen LogP contribution in [0.25, 0.3) is 10.9 Å². The highest BCUT2D eigenvalue weighted by molar-refractivity contribution is 5.96. The number of methoxy groups -OCH3 is 1.